The zero-order valence-corrected chi connectivity index (χ0v) is 18.3. The summed E-state index contributed by atoms with van der Waals surface area (Å²) in [5.41, 5.74) is 1.50. The second kappa shape index (κ2) is 8.81. The Labute approximate surface area is 193 Å². The van der Waals surface area contributed by atoms with E-state index in [9.17, 15) is 9.59 Å². The third kappa shape index (κ3) is 3.71. The maximum absolute atomic E-state index is 12.8. The third-order valence-corrected chi connectivity index (χ3v) is 6.73. The minimum Gasteiger partial charge on any atom is -0.374 e. The second-order valence-corrected chi connectivity index (χ2v) is 8.57. The van der Waals surface area contributed by atoms with Crippen LogP contribution in [-0.4, -0.2) is 36.7 Å². The highest BCUT2D eigenvalue weighted by molar-refractivity contribution is 6.07. The molecule has 3 N–H and O–H groups in total. The van der Waals surface area contributed by atoms with Crippen molar-refractivity contribution in [3.8, 4) is 0 Å². The van der Waals surface area contributed by atoms with Crippen molar-refractivity contribution >= 4 is 11.9 Å². The van der Waals surface area contributed by atoms with E-state index in [1.807, 2.05) is 54.6 Å². The smallest absolute Gasteiger partial charge is 0.322 e. The van der Waals surface area contributed by atoms with Crippen molar-refractivity contribution in [2.45, 2.75) is 30.0 Å². The van der Waals surface area contributed by atoms with Gasteiger partial charge in [0.25, 0.3) is 5.91 Å². The zero-order valence-electron chi connectivity index (χ0n) is 18.3. The summed E-state index contributed by atoms with van der Waals surface area (Å²) in [7, 11) is 0. The van der Waals surface area contributed by atoms with Crippen LogP contribution in [0.1, 0.15) is 29.5 Å². The van der Waals surface area contributed by atoms with E-state index in [2.05, 4.69) is 52.3 Å². The highest BCUT2D eigenvalue weighted by atomic mass is 16.5. The second-order valence-electron chi connectivity index (χ2n) is 8.57. The fourth-order valence-corrected chi connectivity index (χ4v) is 5.14. The fraction of sp³-hybridized carbons (Fsp3) is 0.259. The van der Waals surface area contributed by atoms with Crippen LogP contribution >= 0.6 is 0 Å². The van der Waals surface area contributed by atoms with Gasteiger partial charge in [0, 0.05) is 13.2 Å². The number of benzene rings is 3. The normalized spacial score (nSPS) is 22.7. The van der Waals surface area contributed by atoms with Crippen molar-refractivity contribution < 1.29 is 14.3 Å². The number of hydrogen-bond acceptors (Lipinski definition) is 4. The average Bonchev–Trinajstić information content (AvgIpc) is 3.15. The zero-order chi connectivity index (χ0) is 22.7. The van der Waals surface area contributed by atoms with E-state index < -0.39 is 23.2 Å². The van der Waals surface area contributed by atoms with E-state index in [0.29, 0.717) is 26.0 Å². The number of carbonyl (C=O) groups excluding carboxylic acids is 2. The maximum Gasteiger partial charge on any atom is 0.322 e. The molecule has 0 saturated carbocycles. The van der Waals surface area contributed by atoms with Crippen LogP contribution in [0.15, 0.2) is 91.0 Å². The molecule has 2 atom stereocenters. The summed E-state index contributed by atoms with van der Waals surface area (Å²) < 4.78 is 6.10. The average molecular weight is 442 g/mol. The highest BCUT2D eigenvalue weighted by Crippen LogP contribution is 2.38. The first-order valence-electron chi connectivity index (χ1n) is 11.3. The summed E-state index contributed by atoms with van der Waals surface area (Å²) in [4.78, 5) is 24.8. The molecule has 2 saturated heterocycles. The molecule has 168 valence electrons. The molecular formula is C27H27N3O3. The maximum atomic E-state index is 12.8. The van der Waals surface area contributed by atoms with Crippen molar-refractivity contribution in [1.29, 1.82) is 0 Å². The number of ether oxygens (including phenoxy) is 1. The lowest BCUT2D eigenvalue weighted by molar-refractivity contribution is -0.135. The predicted octanol–water partition coefficient (Wildman–Crippen LogP) is 3.33. The number of nitrogens with one attached hydrogen (secondary N) is 3. The standard InChI is InChI=1S/C27H27N3O3/c31-24-26(30-25(32)29-24)17-10-18-33-23(26)19-28-27(20-11-4-1-5-12-20,21-13-6-2-7-14-21)22-15-8-3-9-16-22/h1-9,11-16,23,28H,10,17-19H2,(H2,29,30,31,32). The van der Waals surface area contributed by atoms with Gasteiger partial charge in [0.15, 0.2) is 0 Å². The minimum absolute atomic E-state index is 0.316. The van der Waals surface area contributed by atoms with Gasteiger partial charge in [-0.2, -0.15) is 0 Å². The lowest BCUT2D eigenvalue weighted by Gasteiger charge is -2.42. The van der Waals surface area contributed by atoms with Gasteiger partial charge in [-0.15, -0.1) is 0 Å². The summed E-state index contributed by atoms with van der Waals surface area (Å²) in [6.07, 6.45) is 0.755. The van der Waals surface area contributed by atoms with Crippen LogP contribution in [0.4, 0.5) is 4.79 Å². The first-order valence-corrected chi connectivity index (χ1v) is 11.3. The largest absolute Gasteiger partial charge is 0.374 e. The SMILES string of the molecule is O=C1NC(=O)C2(CCCOC2CNC(c2ccccc2)(c2ccccc2)c2ccccc2)N1. The van der Waals surface area contributed by atoms with E-state index in [1.54, 1.807) is 0 Å². The summed E-state index contributed by atoms with van der Waals surface area (Å²) in [6, 6.07) is 30.3. The molecule has 1 spiro atoms. The molecule has 3 aromatic carbocycles. The van der Waals surface area contributed by atoms with Gasteiger partial charge in [-0.3, -0.25) is 15.4 Å². The van der Waals surface area contributed by atoms with Gasteiger partial charge in [-0.25, -0.2) is 4.79 Å². The first-order chi connectivity index (χ1) is 16.1. The summed E-state index contributed by atoms with van der Waals surface area (Å²) in [6.45, 7) is 0.915. The Balaban J connectivity index is 1.60. The predicted molar refractivity (Wildman–Crippen MR) is 126 cm³/mol. The molecule has 33 heavy (non-hydrogen) atoms. The molecule has 2 aliphatic heterocycles. The Kier molecular flexibility index (Phi) is 5.70. The number of rotatable bonds is 6. The monoisotopic (exact) mass is 441 g/mol. The van der Waals surface area contributed by atoms with Crippen LogP contribution in [0.5, 0.6) is 0 Å². The van der Waals surface area contributed by atoms with Crippen molar-refractivity contribution in [2.24, 2.45) is 0 Å². The van der Waals surface area contributed by atoms with E-state index in [4.69, 9.17) is 4.74 Å². The van der Waals surface area contributed by atoms with Crippen LogP contribution in [0.3, 0.4) is 0 Å². The van der Waals surface area contributed by atoms with Gasteiger partial charge in [-0.05, 0) is 29.5 Å². The fourth-order valence-electron chi connectivity index (χ4n) is 5.14. The van der Waals surface area contributed by atoms with E-state index in [-0.39, 0.29) is 5.91 Å². The summed E-state index contributed by atoms with van der Waals surface area (Å²) >= 11 is 0. The van der Waals surface area contributed by atoms with Gasteiger partial charge >= 0.3 is 6.03 Å². The lowest BCUT2D eigenvalue weighted by Crippen LogP contribution is -2.63. The Hall–Kier alpha value is -3.48. The molecule has 3 amide bonds. The minimum atomic E-state index is -1.06. The molecule has 6 heteroatoms. The first kappa shape index (κ1) is 21.4. The quantitative estimate of drug-likeness (QED) is 0.405. The van der Waals surface area contributed by atoms with Crippen LogP contribution in [0.2, 0.25) is 0 Å². The Morgan fingerprint density at radius 3 is 1.82 bits per heavy atom. The van der Waals surface area contributed by atoms with E-state index in [1.165, 1.54) is 0 Å². The van der Waals surface area contributed by atoms with Crippen molar-refractivity contribution in [2.75, 3.05) is 13.2 Å². The molecule has 2 heterocycles. The molecule has 2 aliphatic rings. The topological polar surface area (TPSA) is 79.5 Å². The molecule has 0 aliphatic carbocycles. The molecular weight excluding hydrogens is 414 g/mol. The molecule has 0 bridgehead atoms. The molecule has 2 fully saturated rings. The van der Waals surface area contributed by atoms with Gasteiger partial charge in [-0.1, -0.05) is 91.0 Å². The Bertz CT molecular complexity index is 1020. The van der Waals surface area contributed by atoms with Crippen LogP contribution < -0.4 is 16.0 Å². The number of amides is 3. The van der Waals surface area contributed by atoms with Crippen LogP contribution in [-0.2, 0) is 15.1 Å². The Morgan fingerprint density at radius 2 is 1.36 bits per heavy atom. The van der Waals surface area contributed by atoms with Crippen molar-refractivity contribution in [3.05, 3.63) is 108 Å². The Morgan fingerprint density at radius 1 is 0.848 bits per heavy atom. The molecule has 3 aromatic rings. The summed E-state index contributed by atoms with van der Waals surface area (Å²) in [5, 5.41) is 9.04. The van der Waals surface area contributed by atoms with Gasteiger partial charge in [0.1, 0.15) is 11.6 Å². The van der Waals surface area contributed by atoms with Gasteiger partial charge in [0.2, 0.25) is 0 Å². The van der Waals surface area contributed by atoms with E-state index >= 15 is 0 Å². The summed E-state index contributed by atoms with van der Waals surface area (Å²) in [5.74, 6) is -0.316. The molecule has 0 aromatic heterocycles. The highest BCUT2D eigenvalue weighted by Gasteiger charge is 2.54. The van der Waals surface area contributed by atoms with Crippen LogP contribution in [0.25, 0.3) is 0 Å². The number of imide groups is 1. The van der Waals surface area contributed by atoms with Gasteiger partial charge < -0.3 is 10.1 Å². The van der Waals surface area contributed by atoms with Crippen molar-refractivity contribution in [3.63, 3.8) is 0 Å². The molecule has 2 unspecified atom stereocenters. The van der Waals surface area contributed by atoms with Crippen molar-refractivity contribution in [1.82, 2.24) is 16.0 Å². The molecule has 0 radical (unpaired) electrons. The third-order valence-electron chi connectivity index (χ3n) is 6.73. The van der Waals surface area contributed by atoms with Crippen LogP contribution in [0, 0.1) is 0 Å². The van der Waals surface area contributed by atoms with E-state index in [0.717, 1.165) is 16.7 Å². The number of urea groups is 1. The molecule has 6 nitrogen and oxygen atoms in total. The number of hydrogen-bond donors (Lipinski definition) is 3. The van der Waals surface area contributed by atoms with Gasteiger partial charge in [0.05, 0.1) is 5.54 Å². The lowest BCUT2D eigenvalue weighted by atomic mass is 9.76. The molecule has 5 rings (SSSR count). The number of carbonyl (C=O) groups is 2.